The summed E-state index contributed by atoms with van der Waals surface area (Å²) in [6, 6.07) is 15.2. The van der Waals surface area contributed by atoms with Crippen molar-refractivity contribution in [2.24, 2.45) is 0 Å². The number of aryl methyl sites for hydroxylation is 1. The number of halogens is 1. The molecule has 0 spiro atoms. The topological polar surface area (TPSA) is 30.2 Å². The smallest absolute Gasteiger partial charge is 0.229 e. The highest BCUT2D eigenvalue weighted by Gasteiger charge is 2.17. The molecule has 3 rings (SSSR count). The molecular formula is C16H11IO2. The van der Waals surface area contributed by atoms with Crippen molar-refractivity contribution in [3.63, 3.8) is 0 Å². The van der Waals surface area contributed by atoms with Gasteiger partial charge < -0.3 is 4.42 Å². The predicted octanol–water partition coefficient (Wildman–Crippen LogP) is 4.58. The van der Waals surface area contributed by atoms with E-state index in [4.69, 9.17) is 4.42 Å². The summed E-state index contributed by atoms with van der Waals surface area (Å²) in [5.41, 5.74) is 2.51. The average Bonchev–Trinajstić information content (AvgIpc) is 2.84. The van der Waals surface area contributed by atoms with E-state index >= 15 is 0 Å². The van der Waals surface area contributed by atoms with Crippen molar-refractivity contribution in [3.05, 3.63) is 69.0 Å². The van der Waals surface area contributed by atoms with Crippen molar-refractivity contribution in [2.45, 2.75) is 6.92 Å². The Bertz CT molecular complexity index is 771. The monoisotopic (exact) mass is 362 g/mol. The first kappa shape index (κ1) is 12.4. The molecule has 0 unspecified atom stereocenters. The maximum absolute atomic E-state index is 12.4. The molecule has 1 heterocycles. The molecule has 0 amide bonds. The van der Waals surface area contributed by atoms with E-state index in [-0.39, 0.29) is 5.78 Å². The van der Waals surface area contributed by atoms with Crippen LogP contribution in [0.4, 0.5) is 0 Å². The molecule has 3 heteroatoms. The van der Waals surface area contributed by atoms with Crippen LogP contribution in [0.1, 0.15) is 21.7 Å². The first-order chi connectivity index (χ1) is 9.16. The quantitative estimate of drug-likeness (QED) is 0.494. The van der Waals surface area contributed by atoms with Gasteiger partial charge in [-0.25, -0.2) is 0 Å². The number of hydrogen-bond acceptors (Lipinski definition) is 2. The SMILES string of the molecule is Cc1cccc2cc(C(=O)c3ccccc3I)oc12. The lowest BCUT2D eigenvalue weighted by molar-refractivity contribution is 0.101. The van der Waals surface area contributed by atoms with Crippen LogP contribution in [-0.4, -0.2) is 5.78 Å². The van der Waals surface area contributed by atoms with E-state index in [1.165, 1.54) is 0 Å². The Morgan fingerprint density at radius 1 is 1.11 bits per heavy atom. The van der Waals surface area contributed by atoms with Crippen LogP contribution in [0.5, 0.6) is 0 Å². The second-order valence-electron chi connectivity index (χ2n) is 4.41. The number of hydrogen-bond donors (Lipinski definition) is 0. The molecule has 0 saturated carbocycles. The second-order valence-corrected chi connectivity index (χ2v) is 5.58. The van der Waals surface area contributed by atoms with E-state index in [1.807, 2.05) is 55.5 Å². The van der Waals surface area contributed by atoms with Gasteiger partial charge in [-0.2, -0.15) is 0 Å². The maximum Gasteiger partial charge on any atom is 0.229 e. The lowest BCUT2D eigenvalue weighted by Crippen LogP contribution is -2.01. The minimum atomic E-state index is -0.0689. The molecule has 0 radical (unpaired) electrons. The van der Waals surface area contributed by atoms with Crippen LogP contribution in [-0.2, 0) is 0 Å². The van der Waals surface area contributed by atoms with Crippen molar-refractivity contribution >= 4 is 39.3 Å². The van der Waals surface area contributed by atoms with Gasteiger partial charge in [0.2, 0.25) is 5.78 Å². The van der Waals surface area contributed by atoms with Crippen molar-refractivity contribution in [2.75, 3.05) is 0 Å². The Labute approximate surface area is 124 Å². The number of benzene rings is 2. The molecule has 2 nitrogen and oxygen atoms in total. The standard InChI is InChI=1S/C16H11IO2/c1-10-5-4-6-11-9-14(19-16(10)11)15(18)12-7-2-3-8-13(12)17/h2-9H,1H3. The van der Waals surface area contributed by atoms with E-state index in [2.05, 4.69) is 22.6 Å². The first-order valence-electron chi connectivity index (χ1n) is 5.95. The summed E-state index contributed by atoms with van der Waals surface area (Å²) in [4.78, 5) is 12.4. The van der Waals surface area contributed by atoms with Crippen LogP contribution in [0, 0.1) is 10.5 Å². The Kier molecular flexibility index (Phi) is 3.14. The third kappa shape index (κ3) is 2.18. The zero-order chi connectivity index (χ0) is 13.4. The Balaban J connectivity index is 2.12. The minimum Gasteiger partial charge on any atom is -0.452 e. The number of rotatable bonds is 2. The fourth-order valence-electron chi connectivity index (χ4n) is 2.10. The Morgan fingerprint density at radius 3 is 2.63 bits per heavy atom. The van der Waals surface area contributed by atoms with E-state index < -0.39 is 0 Å². The summed E-state index contributed by atoms with van der Waals surface area (Å²) in [5, 5.41) is 0.967. The van der Waals surface area contributed by atoms with Gasteiger partial charge >= 0.3 is 0 Å². The molecule has 2 aromatic carbocycles. The van der Waals surface area contributed by atoms with Crippen LogP contribution >= 0.6 is 22.6 Å². The van der Waals surface area contributed by atoms with E-state index in [0.29, 0.717) is 11.3 Å². The molecule has 0 aliphatic rings. The van der Waals surface area contributed by atoms with Gasteiger partial charge in [-0.1, -0.05) is 30.3 Å². The maximum atomic E-state index is 12.4. The average molecular weight is 362 g/mol. The molecule has 0 aliphatic heterocycles. The van der Waals surface area contributed by atoms with Gasteiger partial charge in [0.25, 0.3) is 0 Å². The summed E-state index contributed by atoms with van der Waals surface area (Å²) < 4.78 is 6.65. The molecular weight excluding hydrogens is 351 g/mol. The Hall–Kier alpha value is -1.62. The van der Waals surface area contributed by atoms with Crippen LogP contribution < -0.4 is 0 Å². The third-order valence-electron chi connectivity index (χ3n) is 3.08. The first-order valence-corrected chi connectivity index (χ1v) is 7.03. The summed E-state index contributed by atoms with van der Waals surface area (Å²) >= 11 is 2.17. The number of carbonyl (C=O) groups is 1. The molecule has 0 atom stereocenters. The van der Waals surface area contributed by atoms with Gasteiger partial charge in [0, 0.05) is 14.5 Å². The van der Waals surface area contributed by atoms with Gasteiger partial charge in [0.1, 0.15) is 5.58 Å². The molecule has 0 saturated heterocycles. The summed E-state index contributed by atoms with van der Waals surface area (Å²) in [6.07, 6.45) is 0. The van der Waals surface area contributed by atoms with Gasteiger partial charge in [0.15, 0.2) is 5.76 Å². The number of carbonyl (C=O) groups excluding carboxylic acids is 1. The number of furan rings is 1. The van der Waals surface area contributed by atoms with Crippen LogP contribution in [0.15, 0.2) is 52.9 Å². The van der Waals surface area contributed by atoms with Crippen molar-refractivity contribution in [1.29, 1.82) is 0 Å². The molecule has 19 heavy (non-hydrogen) atoms. The second kappa shape index (κ2) is 4.81. The molecule has 94 valence electrons. The lowest BCUT2D eigenvalue weighted by Gasteiger charge is -2.00. The third-order valence-corrected chi connectivity index (χ3v) is 4.02. The van der Waals surface area contributed by atoms with Crippen molar-refractivity contribution in [3.8, 4) is 0 Å². The largest absolute Gasteiger partial charge is 0.452 e. The number of fused-ring (bicyclic) bond motifs is 1. The normalized spacial score (nSPS) is 10.8. The van der Waals surface area contributed by atoms with Gasteiger partial charge in [0.05, 0.1) is 0 Å². The van der Waals surface area contributed by atoms with Gasteiger partial charge in [-0.15, -0.1) is 0 Å². The van der Waals surface area contributed by atoms with E-state index in [9.17, 15) is 4.79 Å². The zero-order valence-electron chi connectivity index (χ0n) is 10.3. The highest BCUT2D eigenvalue weighted by Crippen LogP contribution is 2.25. The van der Waals surface area contributed by atoms with Gasteiger partial charge in [-0.3, -0.25) is 4.79 Å². The molecule has 0 aliphatic carbocycles. The minimum absolute atomic E-state index is 0.0689. The zero-order valence-corrected chi connectivity index (χ0v) is 12.5. The van der Waals surface area contributed by atoms with E-state index in [1.54, 1.807) is 0 Å². The van der Waals surface area contributed by atoms with Crippen molar-refractivity contribution < 1.29 is 9.21 Å². The highest BCUT2D eigenvalue weighted by atomic mass is 127. The Morgan fingerprint density at radius 2 is 1.89 bits per heavy atom. The molecule has 0 bridgehead atoms. The molecule has 0 fully saturated rings. The van der Waals surface area contributed by atoms with Crippen LogP contribution in [0.3, 0.4) is 0 Å². The highest BCUT2D eigenvalue weighted by molar-refractivity contribution is 14.1. The van der Waals surface area contributed by atoms with E-state index in [0.717, 1.165) is 20.1 Å². The van der Waals surface area contributed by atoms with Gasteiger partial charge in [-0.05, 0) is 53.3 Å². The molecule has 0 N–H and O–H groups in total. The summed E-state index contributed by atoms with van der Waals surface area (Å²) in [6.45, 7) is 1.98. The summed E-state index contributed by atoms with van der Waals surface area (Å²) in [7, 11) is 0. The van der Waals surface area contributed by atoms with Crippen LogP contribution in [0.2, 0.25) is 0 Å². The predicted molar refractivity (Wildman–Crippen MR) is 83.5 cm³/mol. The fourth-order valence-corrected chi connectivity index (χ4v) is 2.73. The molecule has 3 aromatic rings. The fraction of sp³-hybridized carbons (Fsp3) is 0.0625. The number of ketones is 1. The molecule has 1 aromatic heterocycles. The van der Waals surface area contributed by atoms with Crippen LogP contribution in [0.25, 0.3) is 11.0 Å². The van der Waals surface area contributed by atoms with Crippen molar-refractivity contribution in [1.82, 2.24) is 0 Å². The number of para-hydroxylation sites is 1. The summed E-state index contributed by atoms with van der Waals surface area (Å²) in [5.74, 6) is 0.328. The lowest BCUT2D eigenvalue weighted by atomic mass is 10.1.